The maximum Gasteiger partial charge on any atom is 0.0670 e. The van der Waals surface area contributed by atoms with Crippen molar-refractivity contribution in [1.29, 1.82) is 0 Å². The van der Waals surface area contributed by atoms with Gasteiger partial charge in [-0.1, -0.05) is 20.8 Å². The van der Waals surface area contributed by atoms with Gasteiger partial charge in [0.05, 0.1) is 6.10 Å². The first kappa shape index (κ1) is 14.9. The fourth-order valence-electron chi connectivity index (χ4n) is 2.60. The Morgan fingerprint density at radius 2 is 2.06 bits per heavy atom. The van der Waals surface area contributed by atoms with E-state index in [0.29, 0.717) is 18.1 Å². The van der Waals surface area contributed by atoms with E-state index >= 15 is 0 Å². The SMILES string of the molecule is CCC1(C)CN(CC(C)OC)C(C(C)C)CN1. The van der Waals surface area contributed by atoms with Crippen LogP contribution in [0.15, 0.2) is 0 Å². The Labute approximate surface area is 107 Å². The molecule has 0 saturated carbocycles. The van der Waals surface area contributed by atoms with E-state index in [-0.39, 0.29) is 5.54 Å². The summed E-state index contributed by atoms with van der Waals surface area (Å²) >= 11 is 0. The van der Waals surface area contributed by atoms with Gasteiger partial charge in [0.25, 0.3) is 0 Å². The molecular formula is C14H30N2O. The van der Waals surface area contributed by atoms with E-state index in [9.17, 15) is 0 Å². The van der Waals surface area contributed by atoms with Gasteiger partial charge in [-0.15, -0.1) is 0 Å². The molecule has 0 aromatic carbocycles. The molecule has 1 fully saturated rings. The molecule has 1 heterocycles. The van der Waals surface area contributed by atoms with Crippen LogP contribution in [0.3, 0.4) is 0 Å². The summed E-state index contributed by atoms with van der Waals surface area (Å²) in [6.45, 7) is 14.6. The van der Waals surface area contributed by atoms with E-state index in [2.05, 4.69) is 44.8 Å². The fraction of sp³-hybridized carbons (Fsp3) is 1.00. The molecule has 102 valence electrons. The van der Waals surface area contributed by atoms with Crippen LogP contribution in [0.4, 0.5) is 0 Å². The number of rotatable bonds is 5. The van der Waals surface area contributed by atoms with E-state index in [1.165, 1.54) is 6.42 Å². The van der Waals surface area contributed by atoms with Crippen LogP contribution in [0, 0.1) is 5.92 Å². The maximum atomic E-state index is 5.42. The highest BCUT2D eigenvalue weighted by atomic mass is 16.5. The summed E-state index contributed by atoms with van der Waals surface area (Å²) in [4.78, 5) is 2.61. The summed E-state index contributed by atoms with van der Waals surface area (Å²) in [5, 5.41) is 3.72. The molecule has 1 saturated heterocycles. The van der Waals surface area contributed by atoms with Crippen molar-refractivity contribution in [2.75, 3.05) is 26.7 Å². The molecule has 0 bridgehead atoms. The molecule has 1 aliphatic heterocycles. The predicted octanol–water partition coefficient (Wildman–Crippen LogP) is 2.12. The minimum Gasteiger partial charge on any atom is -0.380 e. The van der Waals surface area contributed by atoms with Crippen molar-refractivity contribution in [2.24, 2.45) is 5.92 Å². The first-order valence-corrected chi connectivity index (χ1v) is 6.93. The minimum atomic E-state index is 0.263. The van der Waals surface area contributed by atoms with Crippen LogP contribution in [0.2, 0.25) is 0 Å². The zero-order valence-corrected chi connectivity index (χ0v) is 12.4. The largest absolute Gasteiger partial charge is 0.380 e. The van der Waals surface area contributed by atoms with E-state index in [1.54, 1.807) is 7.11 Å². The van der Waals surface area contributed by atoms with Crippen molar-refractivity contribution in [3.05, 3.63) is 0 Å². The van der Waals surface area contributed by atoms with Gasteiger partial charge >= 0.3 is 0 Å². The van der Waals surface area contributed by atoms with E-state index < -0.39 is 0 Å². The van der Waals surface area contributed by atoms with Crippen LogP contribution in [-0.2, 0) is 4.74 Å². The average Bonchev–Trinajstić information content (AvgIpc) is 2.28. The van der Waals surface area contributed by atoms with Gasteiger partial charge < -0.3 is 10.1 Å². The summed E-state index contributed by atoms with van der Waals surface area (Å²) in [7, 11) is 1.80. The molecule has 0 radical (unpaired) electrons. The van der Waals surface area contributed by atoms with Crippen LogP contribution >= 0.6 is 0 Å². The second kappa shape index (κ2) is 6.17. The van der Waals surface area contributed by atoms with Crippen LogP contribution in [-0.4, -0.2) is 49.3 Å². The molecule has 3 nitrogen and oxygen atoms in total. The predicted molar refractivity (Wildman–Crippen MR) is 73.4 cm³/mol. The molecule has 0 amide bonds. The van der Waals surface area contributed by atoms with Crippen LogP contribution in [0.1, 0.15) is 41.0 Å². The Hall–Kier alpha value is -0.120. The van der Waals surface area contributed by atoms with Crippen molar-refractivity contribution in [3.63, 3.8) is 0 Å². The highest BCUT2D eigenvalue weighted by Crippen LogP contribution is 2.23. The van der Waals surface area contributed by atoms with Crippen LogP contribution in [0.5, 0.6) is 0 Å². The third-order valence-electron chi connectivity index (χ3n) is 4.20. The highest BCUT2D eigenvalue weighted by molar-refractivity contribution is 4.95. The van der Waals surface area contributed by atoms with Gasteiger partial charge in [0, 0.05) is 38.3 Å². The normalized spacial score (nSPS) is 33.0. The molecule has 0 aromatic heterocycles. The van der Waals surface area contributed by atoms with Crippen molar-refractivity contribution in [3.8, 4) is 0 Å². The first-order chi connectivity index (χ1) is 7.91. The maximum absolute atomic E-state index is 5.42. The molecule has 1 rings (SSSR count). The topological polar surface area (TPSA) is 24.5 Å². The molecule has 3 heteroatoms. The van der Waals surface area contributed by atoms with E-state index in [0.717, 1.165) is 19.6 Å². The monoisotopic (exact) mass is 242 g/mol. The van der Waals surface area contributed by atoms with Gasteiger partial charge in [-0.3, -0.25) is 4.90 Å². The van der Waals surface area contributed by atoms with Gasteiger partial charge in [0.2, 0.25) is 0 Å². The molecule has 3 unspecified atom stereocenters. The zero-order chi connectivity index (χ0) is 13.1. The van der Waals surface area contributed by atoms with Gasteiger partial charge in [-0.2, -0.15) is 0 Å². The van der Waals surface area contributed by atoms with Gasteiger partial charge in [0.15, 0.2) is 0 Å². The quantitative estimate of drug-likeness (QED) is 0.799. The molecule has 0 aliphatic carbocycles. The summed E-state index contributed by atoms with van der Waals surface area (Å²) < 4.78 is 5.42. The van der Waals surface area contributed by atoms with Crippen molar-refractivity contribution >= 4 is 0 Å². The smallest absolute Gasteiger partial charge is 0.0670 e. The lowest BCUT2D eigenvalue weighted by Gasteiger charge is -2.48. The lowest BCUT2D eigenvalue weighted by Crippen LogP contribution is -2.64. The van der Waals surface area contributed by atoms with Gasteiger partial charge in [0.1, 0.15) is 0 Å². The minimum absolute atomic E-state index is 0.263. The number of piperazine rings is 1. The zero-order valence-electron chi connectivity index (χ0n) is 12.4. The highest BCUT2D eigenvalue weighted by Gasteiger charge is 2.36. The standard InChI is InChI=1S/C14H30N2O/c1-7-14(5)10-16(9-12(4)17-6)13(8-15-14)11(2)3/h11-13,15H,7-10H2,1-6H3. The first-order valence-electron chi connectivity index (χ1n) is 6.93. The second-order valence-electron chi connectivity index (χ2n) is 6.08. The lowest BCUT2D eigenvalue weighted by molar-refractivity contribution is 0.00982. The summed E-state index contributed by atoms with van der Waals surface area (Å²) in [6.07, 6.45) is 1.49. The Morgan fingerprint density at radius 3 is 2.53 bits per heavy atom. The van der Waals surface area contributed by atoms with Gasteiger partial charge in [-0.25, -0.2) is 0 Å². The summed E-state index contributed by atoms with van der Waals surface area (Å²) in [6, 6.07) is 0.632. The number of nitrogens with one attached hydrogen (secondary N) is 1. The van der Waals surface area contributed by atoms with Crippen molar-refractivity contribution in [2.45, 2.75) is 58.7 Å². The van der Waals surface area contributed by atoms with Gasteiger partial charge in [-0.05, 0) is 26.2 Å². The molecule has 0 aromatic rings. The molecule has 0 spiro atoms. The molecule has 1 N–H and O–H groups in total. The van der Waals surface area contributed by atoms with E-state index in [1.807, 2.05) is 0 Å². The Bertz CT molecular complexity index is 232. The number of nitrogens with zero attached hydrogens (tertiary/aromatic N) is 1. The number of methoxy groups -OCH3 is 1. The molecular weight excluding hydrogens is 212 g/mol. The third-order valence-corrected chi connectivity index (χ3v) is 4.20. The number of ether oxygens (including phenoxy) is 1. The average molecular weight is 242 g/mol. The van der Waals surface area contributed by atoms with Crippen LogP contribution < -0.4 is 5.32 Å². The third kappa shape index (κ3) is 3.94. The van der Waals surface area contributed by atoms with Crippen molar-refractivity contribution in [1.82, 2.24) is 10.2 Å². The Morgan fingerprint density at radius 1 is 1.41 bits per heavy atom. The van der Waals surface area contributed by atoms with E-state index in [4.69, 9.17) is 4.74 Å². The number of hydrogen-bond donors (Lipinski definition) is 1. The molecule has 1 aliphatic rings. The lowest BCUT2D eigenvalue weighted by atomic mass is 9.89. The summed E-state index contributed by atoms with van der Waals surface area (Å²) in [5.74, 6) is 0.688. The molecule has 3 atom stereocenters. The second-order valence-corrected chi connectivity index (χ2v) is 6.08. The Balaban J connectivity index is 2.69. The number of hydrogen-bond acceptors (Lipinski definition) is 3. The summed E-state index contributed by atoms with van der Waals surface area (Å²) in [5.41, 5.74) is 0.263. The van der Waals surface area contributed by atoms with Crippen molar-refractivity contribution < 1.29 is 4.74 Å². The fourth-order valence-corrected chi connectivity index (χ4v) is 2.60. The van der Waals surface area contributed by atoms with Crippen LogP contribution in [0.25, 0.3) is 0 Å². The Kier molecular flexibility index (Phi) is 5.42. The molecule has 17 heavy (non-hydrogen) atoms.